The lowest BCUT2D eigenvalue weighted by molar-refractivity contribution is 0.213. The number of methoxy groups -OCH3 is 2. The quantitative estimate of drug-likeness (QED) is 0.740. The minimum Gasteiger partial charge on any atom is -0.497 e. The fourth-order valence-corrected chi connectivity index (χ4v) is 4.53. The van der Waals surface area contributed by atoms with Crippen molar-refractivity contribution in [1.29, 1.82) is 0 Å². The van der Waals surface area contributed by atoms with Crippen LogP contribution >= 0.6 is 35.0 Å². The van der Waals surface area contributed by atoms with Gasteiger partial charge in [0.15, 0.2) is 0 Å². The van der Waals surface area contributed by atoms with E-state index in [0.29, 0.717) is 33.8 Å². The number of carbonyl (C=O) groups is 1. The number of amides is 2. The minimum absolute atomic E-state index is 0.193. The summed E-state index contributed by atoms with van der Waals surface area (Å²) in [4.78, 5) is 14.6. The molecule has 0 spiro atoms. The lowest BCUT2D eigenvalue weighted by atomic mass is 10.1. The summed E-state index contributed by atoms with van der Waals surface area (Å²) in [5.41, 5.74) is 1.30. The first-order chi connectivity index (χ1) is 12.5. The zero-order valence-corrected chi connectivity index (χ0v) is 16.6. The molecule has 5 nitrogen and oxygen atoms in total. The average molecular weight is 413 g/mol. The molecule has 1 atom stereocenters. The Morgan fingerprint density at radius 1 is 1.19 bits per heavy atom. The first-order valence-electron chi connectivity index (χ1n) is 7.90. The van der Waals surface area contributed by atoms with Gasteiger partial charge in [-0.1, -0.05) is 29.3 Å². The van der Waals surface area contributed by atoms with E-state index in [1.54, 1.807) is 49.1 Å². The smallest absolute Gasteiger partial charge is 0.323 e. The van der Waals surface area contributed by atoms with E-state index in [-0.39, 0.29) is 11.4 Å². The number of anilines is 1. The van der Waals surface area contributed by atoms with Crippen LogP contribution in [-0.4, -0.2) is 37.4 Å². The molecule has 3 rings (SSSR count). The Morgan fingerprint density at radius 3 is 2.58 bits per heavy atom. The van der Waals surface area contributed by atoms with E-state index >= 15 is 0 Å². The molecule has 1 heterocycles. The highest BCUT2D eigenvalue weighted by atomic mass is 35.5. The molecule has 0 radical (unpaired) electrons. The highest BCUT2D eigenvalue weighted by Gasteiger charge is 2.33. The fourth-order valence-electron chi connectivity index (χ4n) is 2.76. The molecule has 2 amide bonds. The van der Waals surface area contributed by atoms with E-state index in [2.05, 4.69) is 5.32 Å². The van der Waals surface area contributed by atoms with E-state index in [0.717, 1.165) is 11.3 Å². The molecule has 8 heteroatoms. The monoisotopic (exact) mass is 412 g/mol. The molecule has 0 aliphatic carbocycles. The third-order valence-corrected chi connectivity index (χ3v) is 5.92. The number of para-hydroxylation sites is 1. The van der Waals surface area contributed by atoms with Gasteiger partial charge in [-0.3, -0.25) is 0 Å². The van der Waals surface area contributed by atoms with Crippen LogP contribution in [0.1, 0.15) is 10.9 Å². The third-order valence-electron chi connectivity index (χ3n) is 4.05. The molecule has 0 aromatic heterocycles. The van der Waals surface area contributed by atoms with Crippen LogP contribution in [0.2, 0.25) is 10.0 Å². The summed E-state index contributed by atoms with van der Waals surface area (Å²) in [6.07, 6.45) is 0. The Morgan fingerprint density at radius 2 is 1.92 bits per heavy atom. The van der Waals surface area contributed by atoms with Crippen LogP contribution in [0.15, 0.2) is 36.4 Å². The van der Waals surface area contributed by atoms with Crippen LogP contribution in [0.4, 0.5) is 10.5 Å². The van der Waals surface area contributed by atoms with Gasteiger partial charge >= 0.3 is 6.03 Å². The Hall–Kier alpha value is -1.76. The van der Waals surface area contributed by atoms with Gasteiger partial charge in [0.25, 0.3) is 0 Å². The van der Waals surface area contributed by atoms with Crippen molar-refractivity contribution >= 4 is 46.7 Å². The first-order valence-corrected chi connectivity index (χ1v) is 9.70. The van der Waals surface area contributed by atoms with Crippen LogP contribution in [-0.2, 0) is 0 Å². The molecule has 2 aromatic carbocycles. The molecular weight excluding hydrogens is 395 g/mol. The largest absolute Gasteiger partial charge is 0.497 e. The predicted octanol–water partition coefficient (Wildman–Crippen LogP) is 5.29. The number of ether oxygens (including phenoxy) is 2. The van der Waals surface area contributed by atoms with Gasteiger partial charge in [-0.15, -0.1) is 11.8 Å². The van der Waals surface area contributed by atoms with E-state index in [9.17, 15) is 4.79 Å². The molecule has 0 bridgehead atoms. The molecule has 1 aliphatic heterocycles. The lowest BCUT2D eigenvalue weighted by Gasteiger charge is -2.26. The molecule has 1 saturated heterocycles. The number of carbonyl (C=O) groups excluding carboxylic acids is 1. The molecule has 26 heavy (non-hydrogen) atoms. The molecule has 1 fully saturated rings. The van der Waals surface area contributed by atoms with Crippen molar-refractivity contribution in [2.24, 2.45) is 0 Å². The van der Waals surface area contributed by atoms with Gasteiger partial charge in [0.05, 0.1) is 30.0 Å². The maximum atomic E-state index is 12.9. The maximum absolute atomic E-state index is 12.9. The number of nitrogens with zero attached hydrogens (tertiary/aromatic N) is 1. The lowest BCUT2D eigenvalue weighted by Crippen LogP contribution is -2.34. The van der Waals surface area contributed by atoms with Gasteiger partial charge in [0.1, 0.15) is 16.9 Å². The first kappa shape index (κ1) is 19.0. The highest BCUT2D eigenvalue weighted by molar-refractivity contribution is 7.99. The summed E-state index contributed by atoms with van der Waals surface area (Å²) in [7, 11) is 3.22. The number of benzene rings is 2. The van der Waals surface area contributed by atoms with Crippen LogP contribution in [0.5, 0.6) is 11.5 Å². The number of hydrogen-bond acceptors (Lipinski definition) is 4. The number of nitrogens with one attached hydrogen (secondary N) is 1. The SMILES string of the molecule is COc1ccc(OC)c(C2SCCN2C(=O)Nc2c(Cl)cccc2Cl)c1. The standard InChI is InChI=1S/C18H18Cl2N2O3S/c1-24-11-6-7-15(25-2)12(10-11)17-22(8-9-26-17)18(23)21-16-13(19)4-3-5-14(16)20/h3-7,10,17H,8-9H2,1-2H3,(H,21,23). The van der Waals surface area contributed by atoms with Crippen molar-refractivity contribution in [3.8, 4) is 11.5 Å². The topological polar surface area (TPSA) is 50.8 Å². The summed E-state index contributed by atoms with van der Waals surface area (Å²) < 4.78 is 10.8. The zero-order chi connectivity index (χ0) is 18.7. The molecule has 1 unspecified atom stereocenters. The molecule has 1 aliphatic rings. The second-order valence-electron chi connectivity index (χ2n) is 5.55. The summed E-state index contributed by atoms with van der Waals surface area (Å²) in [6, 6.07) is 10.4. The third kappa shape index (κ3) is 3.82. The van der Waals surface area contributed by atoms with E-state index in [1.165, 1.54) is 0 Å². The van der Waals surface area contributed by atoms with Gasteiger partial charge in [-0.2, -0.15) is 0 Å². The number of thioether (sulfide) groups is 1. The number of hydrogen-bond donors (Lipinski definition) is 1. The molecule has 0 saturated carbocycles. The Kier molecular flexibility index (Phi) is 6.06. The van der Waals surface area contributed by atoms with Crippen LogP contribution in [0.3, 0.4) is 0 Å². The second kappa shape index (κ2) is 8.29. The maximum Gasteiger partial charge on any atom is 0.323 e. The van der Waals surface area contributed by atoms with Crippen LogP contribution < -0.4 is 14.8 Å². The van der Waals surface area contributed by atoms with Crippen molar-refractivity contribution in [2.75, 3.05) is 31.8 Å². The number of urea groups is 1. The van der Waals surface area contributed by atoms with Crippen LogP contribution in [0.25, 0.3) is 0 Å². The zero-order valence-electron chi connectivity index (χ0n) is 14.3. The molecule has 2 aromatic rings. The fraction of sp³-hybridized carbons (Fsp3) is 0.278. The normalized spacial score (nSPS) is 16.5. The van der Waals surface area contributed by atoms with Gasteiger partial charge in [0, 0.05) is 17.9 Å². The Balaban J connectivity index is 1.88. The van der Waals surface area contributed by atoms with Crippen molar-refractivity contribution in [3.05, 3.63) is 52.0 Å². The summed E-state index contributed by atoms with van der Waals surface area (Å²) in [6.45, 7) is 0.601. The van der Waals surface area contributed by atoms with Crippen molar-refractivity contribution < 1.29 is 14.3 Å². The van der Waals surface area contributed by atoms with E-state index in [1.807, 2.05) is 18.2 Å². The van der Waals surface area contributed by atoms with Gasteiger partial charge in [-0.05, 0) is 30.3 Å². The van der Waals surface area contributed by atoms with Crippen LogP contribution in [0, 0.1) is 0 Å². The average Bonchev–Trinajstić information content (AvgIpc) is 3.14. The molecule has 138 valence electrons. The van der Waals surface area contributed by atoms with Crippen molar-refractivity contribution in [3.63, 3.8) is 0 Å². The number of rotatable bonds is 4. The predicted molar refractivity (Wildman–Crippen MR) is 107 cm³/mol. The number of halogens is 2. The summed E-state index contributed by atoms with van der Waals surface area (Å²) in [5.74, 6) is 2.23. The Labute approximate surface area is 166 Å². The van der Waals surface area contributed by atoms with Gasteiger partial charge < -0.3 is 19.7 Å². The van der Waals surface area contributed by atoms with Gasteiger partial charge in [0.2, 0.25) is 0 Å². The second-order valence-corrected chi connectivity index (χ2v) is 7.55. The summed E-state index contributed by atoms with van der Waals surface area (Å²) in [5, 5.41) is 3.42. The molecule has 1 N–H and O–H groups in total. The molecular formula is C18H18Cl2N2O3S. The van der Waals surface area contributed by atoms with Gasteiger partial charge in [-0.25, -0.2) is 4.79 Å². The minimum atomic E-state index is -0.264. The van der Waals surface area contributed by atoms with Crippen molar-refractivity contribution in [1.82, 2.24) is 4.90 Å². The summed E-state index contributed by atoms with van der Waals surface area (Å²) >= 11 is 14.0. The van der Waals surface area contributed by atoms with E-state index in [4.69, 9.17) is 32.7 Å². The van der Waals surface area contributed by atoms with Crippen molar-refractivity contribution in [2.45, 2.75) is 5.37 Å². The van der Waals surface area contributed by atoms with E-state index < -0.39 is 0 Å². The Bertz CT molecular complexity index is 799. The highest BCUT2D eigenvalue weighted by Crippen LogP contribution is 2.43.